The lowest BCUT2D eigenvalue weighted by atomic mass is 9.87. The summed E-state index contributed by atoms with van der Waals surface area (Å²) in [5, 5.41) is 2.48. The molecule has 0 aliphatic carbocycles. The molecule has 0 aromatic rings. The van der Waals surface area contributed by atoms with Gasteiger partial charge >= 0.3 is 18.1 Å². The monoisotopic (exact) mass is 298 g/mol. The maximum Gasteiger partial charge on any atom is 0.418 e. The zero-order chi connectivity index (χ0) is 16.2. The predicted octanol–water partition coefficient (Wildman–Crippen LogP) is 1.68. The van der Waals surface area contributed by atoms with Crippen LogP contribution in [0.1, 0.15) is 27.2 Å². The summed E-state index contributed by atoms with van der Waals surface area (Å²) in [6, 6.07) is -1.95. The molecule has 0 spiro atoms. The number of carbonyl (C=O) groups is 3. The second-order valence-electron chi connectivity index (χ2n) is 5.88. The fraction of sp³-hybridized carbons (Fsp3) is 0.643. The fourth-order valence-corrected chi connectivity index (χ4v) is 2.02. The molecular formula is C14H22N2O5. The van der Waals surface area contributed by atoms with Gasteiger partial charge in [0, 0.05) is 0 Å². The van der Waals surface area contributed by atoms with Crippen molar-refractivity contribution in [3.63, 3.8) is 0 Å². The molecule has 1 heterocycles. The van der Waals surface area contributed by atoms with Crippen LogP contribution in [0.4, 0.5) is 9.59 Å². The molecule has 1 fully saturated rings. The van der Waals surface area contributed by atoms with Gasteiger partial charge in [0.1, 0.15) is 12.6 Å². The van der Waals surface area contributed by atoms with E-state index in [1.807, 2.05) is 20.8 Å². The molecule has 2 atom stereocenters. The van der Waals surface area contributed by atoms with Gasteiger partial charge in [0.2, 0.25) is 0 Å². The molecule has 7 nitrogen and oxygen atoms in total. The predicted molar refractivity (Wildman–Crippen MR) is 75.6 cm³/mol. The van der Waals surface area contributed by atoms with E-state index in [1.54, 1.807) is 0 Å². The highest BCUT2D eigenvalue weighted by atomic mass is 16.6. The average Bonchev–Trinajstić information content (AvgIpc) is 2.79. The number of urea groups is 1. The van der Waals surface area contributed by atoms with Gasteiger partial charge in [0.15, 0.2) is 0 Å². The van der Waals surface area contributed by atoms with E-state index in [2.05, 4.69) is 16.6 Å². The van der Waals surface area contributed by atoms with E-state index in [1.165, 1.54) is 13.2 Å². The molecule has 7 heteroatoms. The highest BCUT2D eigenvalue weighted by Crippen LogP contribution is 2.29. The Hall–Kier alpha value is -2.05. The first kappa shape index (κ1) is 17.0. The van der Waals surface area contributed by atoms with Crippen molar-refractivity contribution in [2.45, 2.75) is 39.3 Å². The number of rotatable bonds is 4. The molecule has 0 saturated carbocycles. The minimum atomic E-state index is -0.881. The molecule has 0 aromatic carbocycles. The van der Waals surface area contributed by atoms with Crippen LogP contribution >= 0.6 is 0 Å². The number of nitrogens with one attached hydrogen (secondary N) is 1. The Morgan fingerprint density at radius 2 is 2.19 bits per heavy atom. The van der Waals surface area contributed by atoms with Gasteiger partial charge in [-0.15, -0.1) is 6.58 Å². The molecule has 118 valence electrons. The highest BCUT2D eigenvalue weighted by Gasteiger charge is 2.45. The summed E-state index contributed by atoms with van der Waals surface area (Å²) in [5.74, 6) is -0.594. The molecule has 1 rings (SSSR count). The minimum Gasteiger partial charge on any atom is -0.467 e. The van der Waals surface area contributed by atoms with E-state index in [0.717, 1.165) is 4.90 Å². The Balaban J connectivity index is 2.87. The van der Waals surface area contributed by atoms with Crippen molar-refractivity contribution in [3.8, 4) is 0 Å². The Morgan fingerprint density at radius 1 is 1.57 bits per heavy atom. The van der Waals surface area contributed by atoms with Gasteiger partial charge in [-0.2, -0.15) is 0 Å². The Morgan fingerprint density at radius 3 is 2.67 bits per heavy atom. The number of ether oxygens (including phenoxy) is 2. The van der Waals surface area contributed by atoms with Crippen molar-refractivity contribution < 1.29 is 23.9 Å². The first-order chi connectivity index (χ1) is 9.72. The largest absolute Gasteiger partial charge is 0.467 e. The Kier molecular flexibility index (Phi) is 5.34. The number of nitrogens with zero attached hydrogens (tertiary/aromatic N) is 1. The van der Waals surface area contributed by atoms with Gasteiger partial charge in [-0.1, -0.05) is 26.8 Å². The summed E-state index contributed by atoms with van der Waals surface area (Å²) in [5.41, 5.74) is -0.331. The van der Waals surface area contributed by atoms with Crippen LogP contribution in [0.15, 0.2) is 12.7 Å². The van der Waals surface area contributed by atoms with E-state index in [-0.39, 0.29) is 18.4 Å². The van der Waals surface area contributed by atoms with Crippen LogP contribution in [0.5, 0.6) is 0 Å². The lowest BCUT2D eigenvalue weighted by molar-refractivity contribution is -0.142. The minimum absolute atomic E-state index is 0.139. The molecule has 0 aromatic heterocycles. The number of hydrogen-bond acceptors (Lipinski definition) is 5. The van der Waals surface area contributed by atoms with Gasteiger partial charge in [-0.05, 0) is 11.8 Å². The maximum atomic E-state index is 12.3. The molecule has 0 bridgehead atoms. The number of amides is 3. The van der Waals surface area contributed by atoms with Crippen molar-refractivity contribution in [1.82, 2.24) is 10.2 Å². The van der Waals surface area contributed by atoms with Crippen LogP contribution in [0.3, 0.4) is 0 Å². The SMILES string of the molecule is C=CC[C@@H](NC(=O)N1C(=O)OC[C@@H]1C(C)(C)C)C(=O)OC. The summed E-state index contributed by atoms with van der Waals surface area (Å²) < 4.78 is 9.56. The number of hydrogen-bond donors (Lipinski definition) is 1. The third kappa shape index (κ3) is 3.96. The first-order valence-corrected chi connectivity index (χ1v) is 6.67. The van der Waals surface area contributed by atoms with Crippen LogP contribution in [0.25, 0.3) is 0 Å². The third-order valence-corrected chi connectivity index (χ3v) is 3.28. The van der Waals surface area contributed by atoms with E-state index in [9.17, 15) is 14.4 Å². The zero-order valence-electron chi connectivity index (χ0n) is 12.8. The molecule has 21 heavy (non-hydrogen) atoms. The van der Waals surface area contributed by atoms with E-state index in [4.69, 9.17) is 4.74 Å². The Bertz CT molecular complexity index is 441. The molecule has 1 N–H and O–H groups in total. The van der Waals surface area contributed by atoms with Crippen LogP contribution < -0.4 is 5.32 Å². The number of carbonyl (C=O) groups excluding carboxylic acids is 3. The molecular weight excluding hydrogens is 276 g/mol. The average molecular weight is 298 g/mol. The lowest BCUT2D eigenvalue weighted by Gasteiger charge is -2.31. The topological polar surface area (TPSA) is 84.9 Å². The number of methoxy groups -OCH3 is 1. The van der Waals surface area contributed by atoms with Crippen LogP contribution in [-0.4, -0.2) is 48.8 Å². The zero-order valence-corrected chi connectivity index (χ0v) is 12.8. The van der Waals surface area contributed by atoms with Gasteiger partial charge in [-0.25, -0.2) is 19.3 Å². The summed E-state index contributed by atoms with van der Waals surface area (Å²) in [6.45, 7) is 9.38. The molecule has 1 aliphatic rings. The molecule has 3 amide bonds. The van der Waals surface area contributed by atoms with E-state index in [0.29, 0.717) is 0 Å². The lowest BCUT2D eigenvalue weighted by Crippen LogP contribution is -2.53. The molecule has 0 radical (unpaired) electrons. The van der Waals surface area contributed by atoms with Gasteiger partial charge in [-0.3, -0.25) is 0 Å². The van der Waals surface area contributed by atoms with Crippen molar-refractivity contribution in [2.75, 3.05) is 13.7 Å². The summed E-state index contributed by atoms with van der Waals surface area (Å²) in [4.78, 5) is 36.7. The van der Waals surface area contributed by atoms with Gasteiger partial charge in [0.25, 0.3) is 0 Å². The van der Waals surface area contributed by atoms with Crippen LogP contribution in [-0.2, 0) is 14.3 Å². The smallest absolute Gasteiger partial charge is 0.418 e. The number of imide groups is 1. The molecule has 1 saturated heterocycles. The number of cyclic esters (lactones) is 1. The summed E-state index contributed by atoms with van der Waals surface area (Å²) in [7, 11) is 1.23. The van der Waals surface area contributed by atoms with Crippen molar-refractivity contribution >= 4 is 18.1 Å². The highest BCUT2D eigenvalue weighted by molar-refractivity contribution is 5.94. The first-order valence-electron chi connectivity index (χ1n) is 6.67. The third-order valence-electron chi connectivity index (χ3n) is 3.28. The number of esters is 1. The van der Waals surface area contributed by atoms with Crippen molar-refractivity contribution in [3.05, 3.63) is 12.7 Å². The van der Waals surface area contributed by atoms with Gasteiger partial charge in [0.05, 0.1) is 13.2 Å². The summed E-state index contributed by atoms with van der Waals surface area (Å²) in [6.07, 6.45) is 0.988. The quantitative estimate of drug-likeness (QED) is 0.630. The molecule has 0 unspecified atom stereocenters. The van der Waals surface area contributed by atoms with Crippen molar-refractivity contribution in [2.24, 2.45) is 5.41 Å². The second-order valence-corrected chi connectivity index (χ2v) is 5.88. The van der Waals surface area contributed by atoms with E-state index < -0.39 is 30.2 Å². The Labute approximate surface area is 124 Å². The maximum absolute atomic E-state index is 12.3. The van der Waals surface area contributed by atoms with Crippen molar-refractivity contribution in [1.29, 1.82) is 0 Å². The normalized spacial score (nSPS) is 19.7. The van der Waals surface area contributed by atoms with Crippen LogP contribution in [0.2, 0.25) is 0 Å². The second kappa shape index (κ2) is 6.60. The summed E-state index contributed by atoms with van der Waals surface area (Å²) >= 11 is 0. The standard InChI is InChI=1S/C14H22N2O5/c1-6-7-9(11(17)20-5)15-12(18)16-10(14(2,3)4)8-21-13(16)19/h6,9-10H,1,7-8H2,2-5H3,(H,15,18)/t9-,10-/m1/s1. The van der Waals surface area contributed by atoms with Gasteiger partial charge < -0.3 is 14.8 Å². The van der Waals surface area contributed by atoms with E-state index >= 15 is 0 Å². The molecule has 1 aliphatic heterocycles. The van der Waals surface area contributed by atoms with Crippen LogP contribution in [0, 0.1) is 5.41 Å². The fourth-order valence-electron chi connectivity index (χ4n) is 2.02.